The summed E-state index contributed by atoms with van der Waals surface area (Å²) in [5.41, 5.74) is 1.50. The first-order chi connectivity index (χ1) is 9.69. The van der Waals surface area contributed by atoms with Crippen LogP contribution in [0, 0.1) is 0 Å². The van der Waals surface area contributed by atoms with Crippen molar-refractivity contribution >= 4 is 5.69 Å². The van der Waals surface area contributed by atoms with Crippen LogP contribution in [0.25, 0.3) is 0 Å². The summed E-state index contributed by atoms with van der Waals surface area (Å²) in [6.07, 6.45) is 4.66. The molecule has 1 aromatic heterocycles. The van der Waals surface area contributed by atoms with Gasteiger partial charge in [-0.25, -0.2) is 9.97 Å². The molecule has 0 spiro atoms. The summed E-state index contributed by atoms with van der Waals surface area (Å²) in [5, 5.41) is 3.07. The monoisotopic (exact) mass is 281 g/mol. The number of ether oxygens (including phenoxy) is 2. The summed E-state index contributed by atoms with van der Waals surface area (Å²) >= 11 is 0. The second-order valence-electron chi connectivity index (χ2n) is 3.84. The number of rotatable bonds is 6. The Morgan fingerprint density at radius 3 is 2.60 bits per heavy atom. The van der Waals surface area contributed by atoms with E-state index in [0.717, 1.165) is 11.3 Å². The van der Waals surface area contributed by atoms with E-state index in [2.05, 4.69) is 20.0 Å². The molecule has 106 valence electrons. The van der Waals surface area contributed by atoms with E-state index in [4.69, 9.17) is 4.74 Å². The lowest BCUT2D eigenvalue weighted by Crippen LogP contribution is -2.05. The van der Waals surface area contributed by atoms with Crippen molar-refractivity contribution in [2.24, 2.45) is 0 Å². The Labute approximate surface area is 114 Å². The maximum absolute atomic E-state index is 12.3. The highest BCUT2D eigenvalue weighted by atomic mass is 19.3. The highest BCUT2D eigenvalue weighted by molar-refractivity contribution is 5.45. The van der Waals surface area contributed by atoms with Gasteiger partial charge in [-0.3, -0.25) is 0 Å². The zero-order chi connectivity index (χ0) is 14.4. The first-order valence-electron chi connectivity index (χ1n) is 5.79. The Bertz CT molecular complexity index is 553. The molecule has 20 heavy (non-hydrogen) atoms. The highest BCUT2D eigenvalue weighted by Gasteiger charge is 2.11. The van der Waals surface area contributed by atoms with Crippen molar-refractivity contribution < 1.29 is 18.3 Å². The summed E-state index contributed by atoms with van der Waals surface area (Å²) in [4.78, 5) is 7.73. The van der Waals surface area contributed by atoms with Gasteiger partial charge in [-0.1, -0.05) is 6.07 Å². The lowest BCUT2D eigenvalue weighted by Gasteiger charge is -2.12. The zero-order valence-electron chi connectivity index (χ0n) is 10.7. The van der Waals surface area contributed by atoms with Crippen molar-refractivity contribution in [2.75, 3.05) is 12.4 Å². The predicted molar refractivity (Wildman–Crippen MR) is 69.0 cm³/mol. The van der Waals surface area contributed by atoms with Crippen LogP contribution in [0.2, 0.25) is 0 Å². The molecule has 0 aliphatic heterocycles. The summed E-state index contributed by atoms with van der Waals surface area (Å²) in [5.74, 6) is 0.267. The molecule has 0 amide bonds. The Kier molecular flexibility index (Phi) is 4.65. The molecule has 1 N–H and O–H groups in total. The number of nitrogens with one attached hydrogen (secondary N) is 1. The smallest absolute Gasteiger partial charge is 0.387 e. The first-order valence-corrected chi connectivity index (χ1v) is 5.79. The van der Waals surface area contributed by atoms with Crippen molar-refractivity contribution in [1.29, 1.82) is 0 Å². The molecule has 0 radical (unpaired) electrons. The average Bonchev–Trinajstić information content (AvgIpc) is 2.46. The number of hydrogen-bond donors (Lipinski definition) is 1. The van der Waals surface area contributed by atoms with E-state index in [0.29, 0.717) is 6.54 Å². The van der Waals surface area contributed by atoms with Crippen LogP contribution >= 0.6 is 0 Å². The molecule has 0 aliphatic rings. The van der Waals surface area contributed by atoms with E-state index in [1.807, 2.05) is 0 Å². The van der Waals surface area contributed by atoms with Crippen LogP contribution in [0.4, 0.5) is 14.5 Å². The second-order valence-corrected chi connectivity index (χ2v) is 3.84. The van der Waals surface area contributed by atoms with Crippen LogP contribution in [-0.4, -0.2) is 23.7 Å². The van der Waals surface area contributed by atoms with Crippen LogP contribution < -0.4 is 14.8 Å². The van der Waals surface area contributed by atoms with Gasteiger partial charge in [0.25, 0.3) is 0 Å². The molecule has 1 aromatic carbocycles. The van der Waals surface area contributed by atoms with Gasteiger partial charge in [0, 0.05) is 6.54 Å². The predicted octanol–water partition coefficient (Wildman–Crippen LogP) is 2.70. The van der Waals surface area contributed by atoms with Gasteiger partial charge in [0.05, 0.1) is 25.2 Å². The minimum Gasteiger partial charge on any atom is -0.493 e. The maximum Gasteiger partial charge on any atom is 0.387 e. The third-order valence-electron chi connectivity index (χ3n) is 2.50. The number of anilines is 1. The third kappa shape index (κ3) is 3.78. The van der Waals surface area contributed by atoms with Gasteiger partial charge in [-0.15, -0.1) is 0 Å². The van der Waals surface area contributed by atoms with Crippen molar-refractivity contribution in [1.82, 2.24) is 9.97 Å². The molecule has 2 aromatic rings. The molecular weight excluding hydrogens is 268 g/mol. The lowest BCUT2D eigenvalue weighted by molar-refractivity contribution is -0.0512. The van der Waals surface area contributed by atoms with E-state index in [9.17, 15) is 8.78 Å². The quantitative estimate of drug-likeness (QED) is 0.882. The normalized spacial score (nSPS) is 10.4. The average molecular weight is 281 g/mol. The largest absolute Gasteiger partial charge is 0.493 e. The Hall–Kier alpha value is -2.44. The fourth-order valence-electron chi connectivity index (χ4n) is 1.61. The van der Waals surface area contributed by atoms with Crippen molar-refractivity contribution in [3.63, 3.8) is 0 Å². The zero-order valence-corrected chi connectivity index (χ0v) is 10.7. The first kappa shape index (κ1) is 14.0. The Morgan fingerprint density at radius 2 is 1.95 bits per heavy atom. The fraction of sp³-hybridized carbons (Fsp3) is 0.231. The molecule has 7 heteroatoms. The van der Waals surface area contributed by atoms with Gasteiger partial charge in [0.15, 0.2) is 11.5 Å². The highest BCUT2D eigenvalue weighted by Crippen LogP contribution is 2.29. The number of nitrogens with zero attached hydrogens (tertiary/aromatic N) is 2. The number of aromatic nitrogens is 2. The van der Waals surface area contributed by atoms with E-state index in [-0.39, 0.29) is 11.5 Å². The molecule has 0 saturated carbocycles. The van der Waals surface area contributed by atoms with Gasteiger partial charge in [0.1, 0.15) is 6.33 Å². The number of halogens is 2. The van der Waals surface area contributed by atoms with E-state index in [1.165, 1.54) is 19.5 Å². The van der Waals surface area contributed by atoms with Gasteiger partial charge in [-0.05, 0) is 17.7 Å². The molecule has 1 heterocycles. The minimum absolute atomic E-state index is 0.00566. The Morgan fingerprint density at radius 1 is 1.20 bits per heavy atom. The standard InChI is InChI=1S/C13H13F2N3O2/c1-19-11-3-2-9(4-12(11)20-13(14)15)5-18-10-6-16-8-17-7-10/h2-4,6-8,13,18H,5H2,1H3. The number of methoxy groups -OCH3 is 1. The molecule has 0 atom stereocenters. The minimum atomic E-state index is -2.89. The molecule has 0 fully saturated rings. The molecule has 0 saturated heterocycles. The fourth-order valence-corrected chi connectivity index (χ4v) is 1.61. The number of alkyl halides is 2. The van der Waals surface area contributed by atoms with Crippen LogP contribution in [0.1, 0.15) is 5.56 Å². The molecule has 0 bridgehead atoms. The van der Waals surface area contributed by atoms with E-state index < -0.39 is 6.61 Å². The summed E-state index contributed by atoms with van der Waals surface area (Å²) in [6, 6.07) is 4.84. The molecule has 0 unspecified atom stereocenters. The number of benzene rings is 1. The SMILES string of the molecule is COc1ccc(CNc2cncnc2)cc1OC(F)F. The van der Waals surface area contributed by atoms with Crippen LogP contribution in [-0.2, 0) is 6.54 Å². The van der Waals surface area contributed by atoms with Gasteiger partial charge >= 0.3 is 6.61 Å². The third-order valence-corrected chi connectivity index (χ3v) is 2.50. The van der Waals surface area contributed by atoms with Crippen molar-refractivity contribution in [2.45, 2.75) is 13.2 Å². The van der Waals surface area contributed by atoms with E-state index in [1.54, 1.807) is 24.5 Å². The molecule has 2 rings (SSSR count). The summed E-state index contributed by atoms with van der Waals surface area (Å²) in [6.45, 7) is -2.47. The lowest BCUT2D eigenvalue weighted by atomic mass is 10.2. The second kappa shape index (κ2) is 6.65. The van der Waals surface area contributed by atoms with E-state index >= 15 is 0 Å². The van der Waals surface area contributed by atoms with Crippen LogP contribution in [0.15, 0.2) is 36.9 Å². The van der Waals surface area contributed by atoms with Crippen molar-refractivity contribution in [3.05, 3.63) is 42.5 Å². The topological polar surface area (TPSA) is 56.3 Å². The van der Waals surface area contributed by atoms with Crippen LogP contribution in [0.5, 0.6) is 11.5 Å². The molecule has 5 nitrogen and oxygen atoms in total. The van der Waals surface area contributed by atoms with Gasteiger partial charge in [0.2, 0.25) is 0 Å². The summed E-state index contributed by atoms with van der Waals surface area (Å²) < 4.78 is 34.0. The van der Waals surface area contributed by atoms with Gasteiger partial charge in [-0.2, -0.15) is 8.78 Å². The number of hydrogen-bond acceptors (Lipinski definition) is 5. The maximum atomic E-state index is 12.3. The molecular formula is C13H13F2N3O2. The van der Waals surface area contributed by atoms with Gasteiger partial charge < -0.3 is 14.8 Å². The van der Waals surface area contributed by atoms with Crippen molar-refractivity contribution in [3.8, 4) is 11.5 Å². The Balaban J connectivity index is 2.08. The summed E-state index contributed by atoms with van der Waals surface area (Å²) in [7, 11) is 1.40. The molecule has 0 aliphatic carbocycles. The van der Waals surface area contributed by atoms with Crippen LogP contribution in [0.3, 0.4) is 0 Å².